The highest BCUT2D eigenvalue weighted by molar-refractivity contribution is 5.45. The van der Waals surface area contributed by atoms with E-state index in [1.165, 1.54) is 6.33 Å². The fraction of sp³-hybridized carbons (Fsp3) is 0.579. The van der Waals surface area contributed by atoms with Gasteiger partial charge in [-0.3, -0.25) is 0 Å². The molecule has 0 aliphatic carbocycles. The van der Waals surface area contributed by atoms with Gasteiger partial charge < -0.3 is 19.9 Å². The van der Waals surface area contributed by atoms with Crippen molar-refractivity contribution in [3.05, 3.63) is 30.1 Å². The minimum atomic E-state index is -0.303. The van der Waals surface area contributed by atoms with Crippen molar-refractivity contribution in [3.8, 4) is 0 Å². The van der Waals surface area contributed by atoms with Crippen LogP contribution < -0.4 is 15.1 Å². The Balaban J connectivity index is 1.44. The lowest BCUT2D eigenvalue weighted by molar-refractivity contribution is 0.122. The first-order chi connectivity index (χ1) is 13.7. The molecular weight excluding hydrogens is 361 g/mol. The fourth-order valence-corrected chi connectivity index (χ4v) is 3.70. The van der Waals surface area contributed by atoms with E-state index in [1.807, 2.05) is 17.9 Å². The second-order valence-corrected chi connectivity index (χ2v) is 7.08. The summed E-state index contributed by atoms with van der Waals surface area (Å²) in [7, 11) is 0. The van der Waals surface area contributed by atoms with Gasteiger partial charge in [-0.05, 0) is 25.3 Å². The molecule has 1 atom stereocenters. The van der Waals surface area contributed by atoms with Crippen LogP contribution in [0.3, 0.4) is 0 Å². The normalized spacial score (nSPS) is 20.3. The Hall–Kier alpha value is -2.55. The van der Waals surface area contributed by atoms with Crippen molar-refractivity contribution in [2.24, 2.45) is 0 Å². The largest absolute Gasteiger partial charge is 0.378 e. The van der Waals surface area contributed by atoms with Crippen LogP contribution in [0.4, 0.5) is 22.0 Å². The highest BCUT2D eigenvalue weighted by Gasteiger charge is 2.25. The zero-order valence-corrected chi connectivity index (χ0v) is 16.1. The van der Waals surface area contributed by atoms with Gasteiger partial charge in [0.15, 0.2) is 11.6 Å². The number of ether oxygens (including phenoxy) is 1. The molecule has 2 aromatic rings. The van der Waals surface area contributed by atoms with Crippen molar-refractivity contribution >= 4 is 17.6 Å². The quantitative estimate of drug-likeness (QED) is 0.833. The second kappa shape index (κ2) is 8.64. The molecule has 2 aromatic heterocycles. The average molecular weight is 387 g/mol. The molecule has 2 aliphatic heterocycles. The van der Waals surface area contributed by atoms with E-state index in [1.54, 1.807) is 6.20 Å². The molecule has 2 fully saturated rings. The third-order valence-electron chi connectivity index (χ3n) is 5.19. The summed E-state index contributed by atoms with van der Waals surface area (Å²) in [6.07, 6.45) is 5.75. The lowest BCUT2D eigenvalue weighted by atomic mass is 10.1. The maximum absolute atomic E-state index is 14.6. The molecule has 0 radical (unpaired) electrons. The lowest BCUT2D eigenvalue weighted by Crippen LogP contribution is -2.43. The molecular formula is C19H26FN7O. The summed E-state index contributed by atoms with van der Waals surface area (Å²) in [5.41, 5.74) is 0.464. The molecule has 0 aromatic carbocycles. The summed E-state index contributed by atoms with van der Waals surface area (Å²) in [5.74, 6) is 1.61. The summed E-state index contributed by atoms with van der Waals surface area (Å²) in [5, 5.41) is 3.49. The summed E-state index contributed by atoms with van der Waals surface area (Å²) in [6.45, 7) is 6.36. The highest BCUT2D eigenvalue weighted by atomic mass is 19.1. The van der Waals surface area contributed by atoms with E-state index in [-0.39, 0.29) is 11.9 Å². The first-order valence-electron chi connectivity index (χ1n) is 9.91. The summed E-state index contributed by atoms with van der Waals surface area (Å²) < 4.78 is 20.0. The number of morpholine rings is 1. The van der Waals surface area contributed by atoms with Crippen LogP contribution in [0.2, 0.25) is 0 Å². The summed E-state index contributed by atoms with van der Waals surface area (Å²) in [4.78, 5) is 21.4. The van der Waals surface area contributed by atoms with Gasteiger partial charge in [-0.15, -0.1) is 0 Å². The first-order valence-corrected chi connectivity index (χ1v) is 9.91. The Kier molecular flexibility index (Phi) is 5.80. The van der Waals surface area contributed by atoms with Crippen molar-refractivity contribution in [1.82, 2.24) is 19.9 Å². The van der Waals surface area contributed by atoms with Gasteiger partial charge in [0.1, 0.15) is 12.1 Å². The Morgan fingerprint density at radius 3 is 2.86 bits per heavy atom. The van der Waals surface area contributed by atoms with Crippen LogP contribution in [-0.4, -0.2) is 65.4 Å². The Morgan fingerprint density at radius 2 is 2.04 bits per heavy atom. The van der Waals surface area contributed by atoms with Gasteiger partial charge >= 0.3 is 0 Å². The summed E-state index contributed by atoms with van der Waals surface area (Å²) >= 11 is 0. The number of rotatable bonds is 5. The van der Waals surface area contributed by atoms with Crippen LogP contribution in [0.1, 0.15) is 25.5 Å². The Labute approximate surface area is 164 Å². The maximum atomic E-state index is 14.6. The van der Waals surface area contributed by atoms with E-state index in [2.05, 4.69) is 30.2 Å². The molecule has 9 heteroatoms. The number of nitrogens with zero attached hydrogens (tertiary/aromatic N) is 6. The third kappa shape index (κ3) is 4.14. The third-order valence-corrected chi connectivity index (χ3v) is 5.19. The van der Waals surface area contributed by atoms with Crippen molar-refractivity contribution < 1.29 is 9.13 Å². The SMILES string of the molecule is CCc1ncnc(N2CCCC(Nc3ccnc(N4CCOCC4)n3)C2)c1F. The van der Waals surface area contributed by atoms with Crippen molar-refractivity contribution in [2.75, 3.05) is 54.5 Å². The van der Waals surface area contributed by atoms with Gasteiger partial charge in [-0.25, -0.2) is 19.3 Å². The summed E-state index contributed by atoms with van der Waals surface area (Å²) in [6, 6.07) is 2.05. The van der Waals surface area contributed by atoms with Gasteiger partial charge in [0.25, 0.3) is 0 Å². The number of nitrogens with one attached hydrogen (secondary N) is 1. The van der Waals surface area contributed by atoms with Gasteiger partial charge in [0.05, 0.1) is 18.9 Å². The average Bonchev–Trinajstić information content (AvgIpc) is 2.75. The molecule has 150 valence electrons. The minimum absolute atomic E-state index is 0.167. The van der Waals surface area contributed by atoms with Crippen LogP contribution in [0.15, 0.2) is 18.6 Å². The van der Waals surface area contributed by atoms with E-state index in [9.17, 15) is 4.39 Å². The van der Waals surface area contributed by atoms with Gasteiger partial charge in [-0.2, -0.15) is 4.98 Å². The Bertz CT molecular complexity index is 800. The number of hydrogen-bond acceptors (Lipinski definition) is 8. The zero-order valence-electron chi connectivity index (χ0n) is 16.1. The Morgan fingerprint density at radius 1 is 1.18 bits per heavy atom. The first kappa shape index (κ1) is 18.8. The number of piperidine rings is 1. The molecule has 4 heterocycles. The number of anilines is 3. The van der Waals surface area contributed by atoms with Gasteiger partial charge in [0.2, 0.25) is 5.95 Å². The van der Waals surface area contributed by atoms with Crippen LogP contribution in [0.5, 0.6) is 0 Å². The fourth-order valence-electron chi connectivity index (χ4n) is 3.70. The number of aryl methyl sites for hydroxylation is 1. The van der Waals surface area contributed by atoms with Gasteiger partial charge in [0, 0.05) is 38.4 Å². The molecule has 1 N–H and O–H groups in total. The molecule has 28 heavy (non-hydrogen) atoms. The van der Waals surface area contributed by atoms with Crippen LogP contribution >= 0.6 is 0 Å². The smallest absolute Gasteiger partial charge is 0.227 e. The standard InChI is InChI=1S/C19H26FN7O/c1-2-15-17(20)18(23-13-22-15)27-7-3-4-14(12-27)24-16-5-6-21-19(25-16)26-8-10-28-11-9-26/h5-6,13-14H,2-4,7-12H2,1H3,(H,21,24,25). The molecule has 4 rings (SSSR count). The molecule has 2 aliphatic rings. The number of hydrogen-bond donors (Lipinski definition) is 1. The van der Waals surface area contributed by atoms with Crippen molar-refractivity contribution in [1.29, 1.82) is 0 Å². The number of halogens is 1. The molecule has 0 spiro atoms. The second-order valence-electron chi connectivity index (χ2n) is 7.08. The van der Waals surface area contributed by atoms with Crippen LogP contribution in [-0.2, 0) is 11.2 Å². The van der Waals surface area contributed by atoms with E-state index in [4.69, 9.17) is 4.74 Å². The van der Waals surface area contributed by atoms with Crippen LogP contribution in [0, 0.1) is 5.82 Å². The van der Waals surface area contributed by atoms with Crippen LogP contribution in [0.25, 0.3) is 0 Å². The highest BCUT2D eigenvalue weighted by Crippen LogP contribution is 2.24. The predicted octanol–water partition coefficient (Wildman–Crippen LogP) is 1.89. The lowest BCUT2D eigenvalue weighted by Gasteiger charge is -2.34. The maximum Gasteiger partial charge on any atom is 0.227 e. The monoisotopic (exact) mass is 387 g/mol. The zero-order chi connectivity index (χ0) is 19.3. The number of aromatic nitrogens is 4. The van der Waals surface area contributed by atoms with Crippen molar-refractivity contribution in [2.45, 2.75) is 32.2 Å². The molecule has 8 nitrogen and oxygen atoms in total. The predicted molar refractivity (Wildman–Crippen MR) is 105 cm³/mol. The molecule has 2 saturated heterocycles. The topological polar surface area (TPSA) is 79.3 Å². The molecule has 1 unspecified atom stereocenters. The minimum Gasteiger partial charge on any atom is -0.378 e. The van der Waals surface area contributed by atoms with E-state index < -0.39 is 0 Å². The molecule has 0 amide bonds. The van der Waals surface area contributed by atoms with Gasteiger partial charge in [-0.1, -0.05) is 6.92 Å². The van der Waals surface area contributed by atoms with E-state index in [0.717, 1.165) is 44.2 Å². The molecule has 0 bridgehead atoms. The van der Waals surface area contributed by atoms with Crippen molar-refractivity contribution in [3.63, 3.8) is 0 Å². The van der Waals surface area contributed by atoms with E-state index >= 15 is 0 Å². The molecule has 0 saturated carbocycles. The van der Waals surface area contributed by atoms with E-state index in [0.29, 0.717) is 37.7 Å².